The van der Waals surface area contributed by atoms with Gasteiger partial charge in [-0.15, -0.1) is 0 Å². The number of nitrogens with two attached hydrogens (primary N) is 1. The summed E-state index contributed by atoms with van der Waals surface area (Å²) in [5.74, 6) is -0.266. The Bertz CT molecular complexity index is 600. The van der Waals surface area contributed by atoms with Crippen LogP contribution in [-0.4, -0.2) is 34.6 Å². The molecule has 0 radical (unpaired) electrons. The number of halogens is 2. The van der Waals surface area contributed by atoms with Gasteiger partial charge in [-0.3, -0.25) is 10.2 Å². The van der Waals surface area contributed by atoms with Crippen molar-refractivity contribution in [2.75, 3.05) is 18.5 Å². The van der Waals surface area contributed by atoms with E-state index >= 15 is 0 Å². The van der Waals surface area contributed by atoms with E-state index in [9.17, 15) is 4.79 Å². The van der Waals surface area contributed by atoms with E-state index in [1.807, 2.05) is 0 Å². The molecule has 1 heterocycles. The minimum absolute atomic E-state index is 0.0258. The van der Waals surface area contributed by atoms with Gasteiger partial charge in [0.1, 0.15) is 4.99 Å². The maximum atomic E-state index is 12.3. The van der Waals surface area contributed by atoms with Crippen LogP contribution < -0.4 is 11.2 Å². The third-order valence-electron chi connectivity index (χ3n) is 3.05. The maximum absolute atomic E-state index is 12.3. The molecule has 0 aliphatic carbocycles. The molecule has 0 unspecified atom stereocenters. The molecular weight excluding hydrogens is 331 g/mol. The van der Waals surface area contributed by atoms with Crippen LogP contribution >= 0.6 is 35.4 Å². The first kappa shape index (κ1) is 16.0. The number of thiocarbonyl (C=S) groups is 1. The molecule has 0 spiro atoms. The Balaban J connectivity index is 2.17. The summed E-state index contributed by atoms with van der Waals surface area (Å²) in [5, 5.41) is 4.91. The predicted octanol–water partition coefficient (Wildman–Crippen LogP) is 2.67. The Morgan fingerprint density at radius 1 is 1.33 bits per heavy atom. The number of hydrazone groups is 1. The Morgan fingerprint density at radius 2 is 2.00 bits per heavy atom. The largest absolute Gasteiger partial charge is 0.388 e. The number of nitrogens with zero attached hydrogens (tertiary/aromatic N) is 2. The van der Waals surface area contributed by atoms with E-state index in [2.05, 4.69) is 10.5 Å². The van der Waals surface area contributed by atoms with Crippen LogP contribution in [0.3, 0.4) is 0 Å². The molecule has 0 saturated carbocycles. The van der Waals surface area contributed by atoms with Crippen LogP contribution in [0, 0.1) is 0 Å². The van der Waals surface area contributed by atoms with Crippen molar-refractivity contribution < 1.29 is 4.79 Å². The normalized spacial score (nSPS) is 15.1. The summed E-state index contributed by atoms with van der Waals surface area (Å²) in [5.41, 5.74) is 8.84. The number of hydrogen-bond acceptors (Lipinski definition) is 4. The molecule has 1 aromatic carbocycles. The summed E-state index contributed by atoms with van der Waals surface area (Å²) >= 11 is 16.7. The lowest BCUT2D eigenvalue weighted by atomic mass is 10.3. The minimum atomic E-state index is -0.266. The zero-order valence-corrected chi connectivity index (χ0v) is 13.4. The molecule has 5 nitrogen and oxygen atoms in total. The lowest BCUT2D eigenvalue weighted by Gasteiger charge is -2.16. The van der Waals surface area contributed by atoms with Gasteiger partial charge < -0.3 is 10.6 Å². The predicted molar refractivity (Wildman–Crippen MR) is 90.1 cm³/mol. The van der Waals surface area contributed by atoms with Crippen LogP contribution in [0.15, 0.2) is 23.3 Å². The van der Waals surface area contributed by atoms with E-state index in [1.165, 1.54) is 0 Å². The first-order valence-electron chi connectivity index (χ1n) is 6.37. The van der Waals surface area contributed by atoms with E-state index in [4.69, 9.17) is 41.2 Å². The Hall–Kier alpha value is -1.37. The average Bonchev–Trinajstić information content (AvgIpc) is 2.94. The molecular formula is C13H14Cl2N4OS. The molecule has 0 bridgehead atoms. The van der Waals surface area contributed by atoms with E-state index < -0.39 is 0 Å². The van der Waals surface area contributed by atoms with E-state index in [1.54, 1.807) is 23.1 Å². The van der Waals surface area contributed by atoms with Crippen LogP contribution in [0.25, 0.3) is 0 Å². The van der Waals surface area contributed by atoms with Crippen LogP contribution in [0.4, 0.5) is 5.69 Å². The third-order valence-corrected chi connectivity index (χ3v) is 3.79. The Morgan fingerprint density at radius 3 is 2.57 bits per heavy atom. The van der Waals surface area contributed by atoms with Crippen LogP contribution in [0.2, 0.25) is 10.0 Å². The maximum Gasteiger partial charge on any atom is 0.277 e. The van der Waals surface area contributed by atoms with Crippen molar-refractivity contribution in [1.82, 2.24) is 4.90 Å². The first-order chi connectivity index (χ1) is 9.99. The van der Waals surface area contributed by atoms with Gasteiger partial charge >= 0.3 is 0 Å². The quantitative estimate of drug-likeness (QED) is 0.500. The van der Waals surface area contributed by atoms with Crippen molar-refractivity contribution in [1.29, 1.82) is 0 Å². The summed E-state index contributed by atoms with van der Waals surface area (Å²) in [4.78, 5) is 13.9. The van der Waals surface area contributed by atoms with Crippen molar-refractivity contribution in [3.8, 4) is 0 Å². The van der Waals surface area contributed by atoms with Crippen molar-refractivity contribution in [2.45, 2.75) is 12.8 Å². The van der Waals surface area contributed by atoms with Gasteiger partial charge in [-0.1, -0.05) is 35.4 Å². The lowest BCUT2D eigenvalue weighted by Crippen LogP contribution is -2.40. The Labute approximate surface area is 138 Å². The lowest BCUT2D eigenvalue weighted by molar-refractivity contribution is -0.122. The number of carbonyl (C=O) groups is 1. The van der Waals surface area contributed by atoms with Gasteiger partial charge in [-0.05, 0) is 31.0 Å². The van der Waals surface area contributed by atoms with Crippen molar-refractivity contribution in [2.24, 2.45) is 10.8 Å². The highest BCUT2D eigenvalue weighted by molar-refractivity contribution is 7.82. The second-order valence-corrected chi connectivity index (χ2v) is 5.84. The van der Waals surface area contributed by atoms with Crippen molar-refractivity contribution in [3.63, 3.8) is 0 Å². The molecule has 112 valence electrons. The van der Waals surface area contributed by atoms with Crippen molar-refractivity contribution >= 4 is 57.7 Å². The van der Waals surface area contributed by atoms with E-state index in [0.29, 0.717) is 28.8 Å². The second kappa shape index (κ2) is 7.06. The fraction of sp³-hybridized carbons (Fsp3) is 0.308. The third kappa shape index (κ3) is 4.06. The zero-order chi connectivity index (χ0) is 15.4. The molecule has 1 fully saturated rings. The van der Waals surface area contributed by atoms with E-state index in [0.717, 1.165) is 12.8 Å². The molecule has 1 amide bonds. The molecule has 8 heteroatoms. The van der Waals surface area contributed by atoms with Gasteiger partial charge in [-0.2, -0.15) is 5.10 Å². The SMILES string of the molecule is NC(=S)/C(=N/Nc1ccc(Cl)cc1Cl)C(=O)N1CCCC1. The highest BCUT2D eigenvalue weighted by Gasteiger charge is 2.24. The minimum Gasteiger partial charge on any atom is -0.388 e. The number of hydrogen-bond donors (Lipinski definition) is 2. The molecule has 2 rings (SSSR count). The van der Waals surface area contributed by atoms with Crippen LogP contribution in [-0.2, 0) is 4.79 Å². The van der Waals surface area contributed by atoms with Crippen LogP contribution in [0.5, 0.6) is 0 Å². The monoisotopic (exact) mass is 344 g/mol. The molecule has 1 saturated heterocycles. The smallest absolute Gasteiger partial charge is 0.277 e. The molecule has 1 aliphatic heterocycles. The molecule has 3 N–H and O–H groups in total. The summed E-state index contributed by atoms with van der Waals surface area (Å²) in [7, 11) is 0. The average molecular weight is 345 g/mol. The summed E-state index contributed by atoms with van der Waals surface area (Å²) < 4.78 is 0. The van der Waals surface area contributed by atoms with Crippen molar-refractivity contribution in [3.05, 3.63) is 28.2 Å². The molecule has 1 aliphatic rings. The van der Waals surface area contributed by atoms with Gasteiger partial charge in [0.25, 0.3) is 5.91 Å². The molecule has 0 aromatic heterocycles. The molecule has 1 aromatic rings. The van der Waals surface area contributed by atoms with Gasteiger partial charge in [0.05, 0.1) is 10.7 Å². The number of amides is 1. The highest BCUT2D eigenvalue weighted by Crippen LogP contribution is 2.25. The number of likely N-dealkylation sites (tertiary alicyclic amines) is 1. The number of rotatable bonds is 4. The summed E-state index contributed by atoms with van der Waals surface area (Å²) in [6, 6.07) is 4.89. The number of benzene rings is 1. The highest BCUT2D eigenvalue weighted by atomic mass is 35.5. The fourth-order valence-electron chi connectivity index (χ4n) is 1.97. The van der Waals surface area contributed by atoms with Gasteiger partial charge in [-0.25, -0.2) is 0 Å². The molecule has 0 atom stereocenters. The fourth-order valence-corrected chi connectivity index (χ4v) is 2.56. The summed E-state index contributed by atoms with van der Waals surface area (Å²) in [6.07, 6.45) is 1.96. The first-order valence-corrected chi connectivity index (χ1v) is 7.53. The van der Waals surface area contributed by atoms with E-state index in [-0.39, 0.29) is 16.6 Å². The zero-order valence-electron chi connectivity index (χ0n) is 11.1. The number of anilines is 1. The standard InChI is InChI=1S/C13H14Cl2N4OS/c14-8-3-4-10(9(15)7-8)17-18-11(12(16)21)13(20)19-5-1-2-6-19/h3-4,7,17H,1-2,5-6H2,(H2,16,21)/b18-11-. The summed E-state index contributed by atoms with van der Waals surface area (Å²) in [6.45, 7) is 1.39. The second-order valence-electron chi connectivity index (χ2n) is 4.56. The molecule has 21 heavy (non-hydrogen) atoms. The van der Waals surface area contributed by atoms with Gasteiger partial charge in [0.2, 0.25) is 0 Å². The van der Waals surface area contributed by atoms with Crippen LogP contribution in [0.1, 0.15) is 12.8 Å². The Kier molecular flexibility index (Phi) is 5.39. The van der Waals surface area contributed by atoms with Gasteiger partial charge in [0.15, 0.2) is 5.71 Å². The van der Waals surface area contributed by atoms with Gasteiger partial charge in [0, 0.05) is 18.1 Å². The topological polar surface area (TPSA) is 70.7 Å². The number of nitrogens with one attached hydrogen (secondary N) is 1. The number of carbonyl (C=O) groups excluding carboxylic acids is 1.